The monoisotopic (exact) mass is 499 g/mol. The maximum Gasteiger partial charge on any atom is 0.325 e. The van der Waals surface area contributed by atoms with Crippen LogP contribution in [-0.4, -0.2) is 43.5 Å². The Bertz CT molecular complexity index is 1270. The number of aryl methyl sites for hydroxylation is 1. The van der Waals surface area contributed by atoms with Gasteiger partial charge in [0, 0.05) is 0 Å². The molecule has 0 aromatic heterocycles. The molecule has 5 rings (SSSR count). The van der Waals surface area contributed by atoms with Crippen molar-refractivity contribution in [2.75, 3.05) is 20.8 Å². The van der Waals surface area contributed by atoms with Crippen LogP contribution in [0, 0.1) is 0 Å². The van der Waals surface area contributed by atoms with E-state index in [1.807, 2.05) is 72.8 Å². The minimum atomic E-state index is -1.11. The molecule has 1 atom stereocenters. The van der Waals surface area contributed by atoms with Crippen LogP contribution in [0.25, 0.3) is 0 Å². The van der Waals surface area contributed by atoms with Crippen LogP contribution in [0.4, 0.5) is 4.79 Å². The first kappa shape index (κ1) is 24.4. The molecule has 190 valence electrons. The van der Waals surface area contributed by atoms with Crippen molar-refractivity contribution in [1.82, 2.24) is 15.5 Å². The Kier molecular flexibility index (Phi) is 6.56. The van der Waals surface area contributed by atoms with Gasteiger partial charge >= 0.3 is 6.03 Å². The Labute approximate surface area is 215 Å². The molecule has 0 bridgehead atoms. The van der Waals surface area contributed by atoms with E-state index in [9.17, 15) is 14.4 Å². The molecule has 8 heteroatoms. The third-order valence-electron chi connectivity index (χ3n) is 7.16. The molecule has 1 heterocycles. The fourth-order valence-electron chi connectivity index (χ4n) is 5.26. The summed E-state index contributed by atoms with van der Waals surface area (Å²) in [5.74, 6) is 0.563. The highest BCUT2D eigenvalue weighted by Crippen LogP contribution is 2.39. The number of ether oxygens (including phenoxy) is 2. The number of nitrogens with zero attached hydrogens (tertiary/aromatic N) is 1. The van der Waals surface area contributed by atoms with Crippen LogP contribution in [-0.2, 0) is 21.5 Å². The molecule has 37 heavy (non-hydrogen) atoms. The highest BCUT2D eigenvalue weighted by Gasteiger charge is 2.54. The number of amides is 4. The average Bonchev–Trinajstić information content (AvgIpc) is 3.16. The van der Waals surface area contributed by atoms with E-state index in [2.05, 4.69) is 10.6 Å². The summed E-state index contributed by atoms with van der Waals surface area (Å²) in [6, 6.07) is 21.4. The van der Waals surface area contributed by atoms with Gasteiger partial charge in [-0.3, -0.25) is 14.5 Å². The SMILES string of the molecule is COc1ccc(C(NC(=O)CN2C(=O)N[C@@]3(CCCc4ccccc43)C2=O)c2ccc(OC)cc2)cc1. The first-order valence-corrected chi connectivity index (χ1v) is 12.2. The van der Waals surface area contributed by atoms with Crippen molar-refractivity contribution in [2.45, 2.75) is 30.8 Å². The summed E-state index contributed by atoms with van der Waals surface area (Å²) in [6.45, 7) is -0.378. The third-order valence-corrected chi connectivity index (χ3v) is 7.16. The molecule has 8 nitrogen and oxygen atoms in total. The lowest BCUT2D eigenvalue weighted by molar-refractivity contribution is -0.135. The summed E-state index contributed by atoms with van der Waals surface area (Å²) >= 11 is 0. The van der Waals surface area contributed by atoms with E-state index in [1.165, 1.54) is 0 Å². The number of nitrogens with one attached hydrogen (secondary N) is 2. The molecule has 3 aromatic carbocycles. The van der Waals surface area contributed by atoms with Gasteiger partial charge in [0.25, 0.3) is 5.91 Å². The largest absolute Gasteiger partial charge is 0.497 e. The molecule has 2 N–H and O–H groups in total. The van der Waals surface area contributed by atoms with E-state index >= 15 is 0 Å². The van der Waals surface area contributed by atoms with Crippen LogP contribution >= 0.6 is 0 Å². The van der Waals surface area contributed by atoms with Crippen molar-refractivity contribution in [3.63, 3.8) is 0 Å². The van der Waals surface area contributed by atoms with Crippen molar-refractivity contribution in [2.24, 2.45) is 0 Å². The van der Waals surface area contributed by atoms with Gasteiger partial charge in [0.15, 0.2) is 0 Å². The Balaban J connectivity index is 1.38. The van der Waals surface area contributed by atoms with Gasteiger partial charge in [-0.15, -0.1) is 0 Å². The predicted molar refractivity (Wildman–Crippen MR) is 137 cm³/mol. The number of carbonyl (C=O) groups excluding carboxylic acids is 3. The second kappa shape index (κ2) is 9.97. The zero-order valence-corrected chi connectivity index (χ0v) is 20.8. The quantitative estimate of drug-likeness (QED) is 0.484. The van der Waals surface area contributed by atoms with Gasteiger partial charge in [0.1, 0.15) is 23.6 Å². The van der Waals surface area contributed by atoms with Gasteiger partial charge in [-0.1, -0.05) is 48.5 Å². The molecule has 0 unspecified atom stereocenters. The lowest BCUT2D eigenvalue weighted by Gasteiger charge is -2.33. The van der Waals surface area contributed by atoms with E-state index in [0.717, 1.165) is 40.0 Å². The minimum absolute atomic E-state index is 0.378. The number of imide groups is 1. The number of benzene rings is 3. The summed E-state index contributed by atoms with van der Waals surface area (Å²) in [6.07, 6.45) is 2.14. The summed E-state index contributed by atoms with van der Waals surface area (Å²) < 4.78 is 10.5. The summed E-state index contributed by atoms with van der Waals surface area (Å²) in [4.78, 5) is 40.8. The Morgan fingerprint density at radius 1 is 0.946 bits per heavy atom. The molecule has 2 aliphatic rings. The maximum absolute atomic E-state index is 13.6. The number of carbonyl (C=O) groups is 3. The fourth-order valence-corrected chi connectivity index (χ4v) is 5.26. The van der Waals surface area contributed by atoms with Crippen LogP contribution in [0.1, 0.15) is 41.1 Å². The average molecular weight is 500 g/mol. The molecule has 4 amide bonds. The van der Waals surface area contributed by atoms with Crippen LogP contribution in [0.5, 0.6) is 11.5 Å². The summed E-state index contributed by atoms with van der Waals surface area (Å²) in [7, 11) is 3.18. The van der Waals surface area contributed by atoms with Gasteiger partial charge in [-0.05, 0) is 65.8 Å². The van der Waals surface area contributed by atoms with Crippen molar-refractivity contribution in [3.05, 3.63) is 95.1 Å². The van der Waals surface area contributed by atoms with Gasteiger partial charge in [0.2, 0.25) is 5.91 Å². The van der Waals surface area contributed by atoms with Crippen LogP contribution < -0.4 is 20.1 Å². The highest BCUT2D eigenvalue weighted by molar-refractivity contribution is 6.09. The van der Waals surface area contributed by atoms with E-state index in [-0.39, 0.29) is 12.5 Å². The first-order valence-electron chi connectivity index (χ1n) is 12.2. The smallest absolute Gasteiger partial charge is 0.325 e. The Morgan fingerprint density at radius 2 is 1.54 bits per heavy atom. The molecule has 1 aliphatic carbocycles. The maximum atomic E-state index is 13.6. The zero-order valence-electron chi connectivity index (χ0n) is 20.8. The Morgan fingerprint density at radius 3 is 2.14 bits per heavy atom. The predicted octanol–water partition coefficient (Wildman–Crippen LogP) is 3.69. The molecule has 3 aromatic rings. The molecular formula is C29H29N3O5. The molecule has 0 saturated carbocycles. The number of fused-ring (bicyclic) bond motifs is 2. The van der Waals surface area contributed by atoms with E-state index in [0.29, 0.717) is 17.9 Å². The Hall–Kier alpha value is -4.33. The third kappa shape index (κ3) is 4.50. The summed E-state index contributed by atoms with van der Waals surface area (Å²) in [5.41, 5.74) is 2.41. The fraction of sp³-hybridized carbons (Fsp3) is 0.276. The first-order chi connectivity index (χ1) is 17.9. The van der Waals surface area contributed by atoms with Crippen LogP contribution in [0.15, 0.2) is 72.8 Å². The normalized spacial score (nSPS) is 18.5. The number of hydrogen-bond donors (Lipinski definition) is 2. The zero-order chi connectivity index (χ0) is 26.0. The number of methoxy groups -OCH3 is 2. The number of hydrogen-bond acceptors (Lipinski definition) is 5. The number of rotatable bonds is 7. The molecule has 1 fully saturated rings. The van der Waals surface area contributed by atoms with Crippen LogP contribution in [0.2, 0.25) is 0 Å². The topological polar surface area (TPSA) is 97.0 Å². The summed E-state index contributed by atoms with van der Waals surface area (Å²) in [5, 5.41) is 5.91. The van der Waals surface area contributed by atoms with E-state index in [4.69, 9.17) is 9.47 Å². The highest BCUT2D eigenvalue weighted by atomic mass is 16.5. The molecule has 1 aliphatic heterocycles. The molecule has 1 saturated heterocycles. The molecular weight excluding hydrogens is 470 g/mol. The van der Waals surface area contributed by atoms with Gasteiger partial charge in [0.05, 0.1) is 20.3 Å². The van der Waals surface area contributed by atoms with E-state index < -0.39 is 23.5 Å². The van der Waals surface area contributed by atoms with Crippen molar-refractivity contribution in [1.29, 1.82) is 0 Å². The molecule has 0 radical (unpaired) electrons. The lowest BCUT2D eigenvalue weighted by atomic mass is 9.76. The van der Waals surface area contributed by atoms with Crippen molar-refractivity contribution >= 4 is 17.8 Å². The van der Waals surface area contributed by atoms with E-state index in [1.54, 1.807) is 14.2 Å². The van der Waals surface area contributed by atoms with Gasteiger partial charge in [-0.25, -0.2) is 4.79 Å². The standard InChI is InChI=1S/C29H29N3O5/c1-36-22-13-9-20(10-14-22)26(21-11-15-23(37-2)16-12-21)30-25(33)18-32-27(34)29(31-28(32)35)17-5-7-19-6-3-4-8-24(19)29/h3-4,6,8-16,26H,5,7,17-18H2,1-2H3,(H,30,33)(H,31,35)/t29-/m1/s1. The van der Waals surface area contributed by atoms with Crippen LogP contribution in [0.3, 0.4) is 0 Å². The second-order valence-electron chi connectivity index (χ2n) is 9.28. The van der Waals surface area contributed by atoms with Crippen molar-refractivity contribution < 1.29 is 23.9 Å². The lowest BCUT2D eigenvalue weighted by Crippen LogP contribution is -2.47. The van der Waals surface area contributed by atoms with Crippen molar-refractivity contribution in [3.8, 4) is 11.5 Å². The minimum Gasteiger partial charge on any atom is -0.497 e. The van der Waals surface area contributed by atoms with Gasteiger partial charge < -0.3 is 20.1 Å². The molecule has 1 spiro atoms. The second-order valence-corrected chi connectivity index (χ2v) is 9.28. The van der Waals surface area contributed by atoms with Gasteiger partial charge in [-0.2, -0.15) is 0 Å². The number of urea groups is 1.